The van der Waals surface area contributed by atoms with Crippen LogP contribution in [-0.4, -0.2) is 14.7 Å². The van der Waals surface area contributed by atoms with Crippen LogP contribution in [-0.2, 0) is 25.6 Å². The van der Waals surface area contributed by atoms with Crippen molar-refractivity contribution in [2.24, 2.45) is 0 Å². The first-order valence-corrected chi connectivity index (χ1v) is 9.57. The predicted molar refractivity (Wildman–Crippen MR) is 94.0 cm³/mol. The van der Waals surface area contributed by atoms with E-state index in [2.05, 4.69) is 0 Å². The lowest BCUT2D eigenvalue weighted by Crippen LogP contribution is -2.22. The average Bonchev–Trinajstić information content (AvgIpc) is 2.58. The largest absolute Gasteiger partial charge is 0.347 e. The van der Waals surface area contributed by atoms with Gasteiger partial charge in [-0.1, -0.05) is 61.4 Å². The molecule has 2 rings (SSSR count). The molecule has 0 saturated heterocycles. The monoisotopic (exact) mass is 348 g/mol. The van der Waals surface area contributed by atoms with Gasteiger partial charge in [-0.25, -0.2) is 4.18 Å². The highest BCUT2D eigenvalue weighted by molar-refractivity contribution is 7.86. The van der Waals surface area contributed by atoms with E-state index in [1.807, 2.05) is 44.2 Å². The maximum absolute atomic E-state index is 12.4. The molecule has 0 aromatic heterocycles. The molecule has 2 aromatic carbocycles. The van der Waals surface area contributed by atoms with E-state index in [9.17, 15) is 8.42 Å². The van der Waals surface area contributed by atoms with Crippen molar-refractivity contribution in [3.8, 4) is 0 Å². The SMILES string of the molecule is CCCCC(OCc1ccccc1)OS(=O)(=O)c1ccc(C)cc1. The molecule has 0 bridgehead atoms. The number of ether oxygens (including phenoxy) is 1. The van der Waals surface area contributed by atoms with Gasteiger partial charge in [-0.05, 0) is 37.5 Å². The molecule has 2 aromatic rings. The molecule has 0 saturated carbocycles. The van der Waals surface area contributed by atoms with E-state index < -0.39 is 16.4 Å². The molecule has 0 spiro atoms. The number of aryl methyl sites for hydroxylation is 1. The number of hydrogen-bond acceptors (Lipinski definition) is 4. The molecule has 24 heavy (non-hydrogen) atoms. The first-order chi connectivity index (χ1) is 11.5. The first-order valence-electron chi connectivity index (χ1n) is 8.17. The number of unbranched alkanes of at least 4 members (excludes halogenated alkanes) is 1. The van der Waals surface area contributed by atoms with Crippen LogP contribution in [0.4, 0.5) is 0 Å². The Morgan fingerprint density at radius 3 is 2.29 bits per heavy atom. The maximum Gasteiger partial charge on any atom is 0.299 e. The van der Waals surface area contributed by atoms with E-state index in [4.69, 9.17) is 8.92 Å². The van der Waals surface area contributed by atoms with Crippen molar-refractivity contribution >= 4 is 10.1 Å². The Morgan fingerprint density at radius 2 is 1.67 bits per heavy atom. The second-order valence-electron chi connectivity index (χ2n) is 5.73. The molecule has 0 radical (unpaired) electrons. The predicted octanol–water partition coefficient (Wildman–Crippen LogP) is 4.43. The molecule has 5 heteroatoms. The van der Waals surface area contributed by atoms with Crippen LogP contribution in [0.5, 0.6) is 0 Å². The summed E-state index contributed by atoms with van der Waals surface area (Å²) in [6.45, 7) is 4.27. The summed E-state index contributed by atoms with van der Waals surface area (Å²) in [6, 6.07) is 16.3. The lowest BCUT2D eigenvalue weighted by Gasteiger charge is -2.18. The normalized spacial score (nSPS) is 12.9. The van der Waals surface area contributed by atoms with Gasteiger partial charge < -0.3 is 4.74 Å². The van der Waals surface area contributed by atoms with Crippen molar-refractivity contribution in [3.63, 3.8) is 0 Å². The van der Waals surface area contributed by atoms with Crippen molar-refractivity contribution in [3.05, 3.63) is 65.7 Å². The smallest absolute Gasteiger partial charge is 0.299 e. The van der Waals surface area contributed by atoms with E-state index in [1.165, 1.54) is 0 Å². The van der Waals surface area contributed by atoms with Gasteiger partial charge in [0.2, 0.25) is 0 Å². The van der Waals surface area contributed by atoms with Crippen LogP contribution >= 0.6 is 0 Å². The molecule has 0 aliphatic rings. The fraction of sp³-hybridized carbons (Fsp3) is 0.368. The fourth-order valence-electron chi connectivity index (χ4n) is 2.20. The molecule has 0 aliphatic carbocycles. The number of hydrogen-bond donors (Lipinski definition) is 0. The molecule has 0 amide bonds. The summed E-state index contributed by atoms with van der Waals surface area (Å²) in [6.07, 6.45) is 1.53. The summed E-state index contributed by atoms with van der Waals surface area (Å²) in [5, 5.41) is 0. The Kier molecular flexibility index (Phi) is 6.97. The van der Waals surface area contributed by atoms with E-state index in [-0.39, 0.29) is 4.90 Å². The van der Waals surface area contributed by atoms with Gasteiger partial charge in [-0.3, -0.25) is 0 Å². The van der Waals surface area contributed by atoms with E-state index in [1.54, 1.807) is 24.3 Å². The average molecular weight is 348 g/mol. The third-order valence-electron chi connectivity index (χ3n) is 3.62. The van der Waals surface area contributed by atoms with Gasteiger partial charge in [-0.2, -0.15) is 8.42 Å². The van der Waals surface area contributed by atoms with Gasteiger partial charge in [-0.15, -0.1) is 0 Å². The fourth-order valence-corrected chi connectivity index (χ4v) is 3.21. The van der Waals surface area contributed by atoms with Gasteiger partial charge in [0, 0.05) is 0 Å². The first kappa shape index (κ1) is 18.6. The van der Waals surface area contributed by atoms with Crippen molar-refractivity contribution in [2.75, 3.05) is 0 Å². The topological polar surface area (TPSA) is 52.6 Å². The summed E-state index contributed by atoms with van der Waals surface area (Å²) in [5.41, 5.74) is 1.98. The van der Waals surface area contributed by atoms with Crippen molar-refractivity contribution in [2.45, 2.75) is 50.9 Å². The van der Waals surface area contributed by atoms with E-state index in [0.29, 0.717) is 13.0 Å². The van der Waals surface area contributed by atoms with Gasteiger partial charge in [0.25, 0.3) is 10.1 Å². The zero-order valence-corrected chi connectivity index (χ0v) is 15.0. The molecule has 0 aliphatic heterocycles. The van der Waals surface area contributed by atoms with Crippen LogP contribution in [0.3, 0.4) is 0 Å². The maximum atomic E-state index is 12.4. The van der Waals surface area contributed by atoms with Crippen LogP contribution in [0.2, 0.25) is 0 Å². The summed E-state index contributed by atoms with van der Waals surface area (Å²) in [4.78, 5) is 0.151. The highest BCUT2D eigenvalue weighted by Crippen LogP contribution is 2.19. The van der Waals surface area contributed by atoms with E-state index in [0.717, 1.165) is 24.0 Å². The Balaban J connectivity index is 2.05. The standard InChI is InChI=1S/C19H24O4S/c1-3-4-10-19(22-15-17-8-6-5-7-9-17)23-24(20,21)18-13-11-16(2)12-14-18/h5-9,11-14,19H,3-4,10,15H2,1-2H3. The van der Waals surface area contributed by atoms with Crippen LogP contribution in [0.15, 0.2) is 59.5 Å². The zero-order valence-electron chi connectivity index (χ0n) is 14.1. The summed E-state index contributed by atoms with van der Waals surface area (Å²) in [7, 11) is -3.84. The molecule has 130 valence electrons. The molecule has 0 heterocycles. The second kappa shape index (κ2) is 8.97. The quantitative estimate of drug-likeness (QED) is 0.497. The Labute approximate surface area is 144 Å². The molecule has 0 fully saturated rings. The highest BCUT2D eigenvalue weighted by atomic mass is 32.2. The number of rotatable bonds is 9. The van der Waals surface area contributed by atoms with Gasteiger partial charge in [0.1, 0.15) is 0 Å². The number of benzene rings is 2. The van der Waals surface area contributed by atoms with Gasteiger partial charge in [0.15, 0.2) is 6.29 Å². The molecule has 1 atom stereocenters. The minimum absolute atomic E-state index is 0.151. The second-order valence-corrected chi connectivity index (χ2v) is 7.30. The molecule has 4 nitrogen and oxygen atoms in total. The Bertz CT molecular complexity index is 709. The van der Waals surface area contributed by atoms with Crippen LogP contribution in [0.1, 0.15) is 37.3 Å². The molecular formula is C19H24O4S. The van der Waals surface area contributed by atoms with Crippen LogP contribution in [0, 0.1) is 6.92 Å². The lowest BCUT2D eigenvalue weighted by atomic mass is 10.2. The zero-order chi connectivity index (χ0) is 17.4. The minimum atomic E-state index is -3.84. The molecule has 1 unspecified atom stereocenters. The van der Waals surface area contributed by atoms with Crippen LogP contribution < -0.4 is 0 Å². The lowest BCUT2D eigenvalue weighted by molar-refractivity contribution is -0.0906. The highest BCUT2D eigenvalue weighted by Gasteiger charge is 2.22. The third-order valence-corrected chi connectivity index (χ3v) is 4.93. The van der Waals surface area contributed by atoms with Crippen molar-refractivity contribution < 1.29 is 17.3 Å². The minimum Gasteiger partial charge on any atom is -0.347 e. The third kappa shape index (κ3) is 5.74. The van der Waals surface area contributed by atoms with Crippen molar-refractivity contribution in [1.29, 1.82) is 0 Å². The van der Waals surface area contributed by atoms with Gasteiger partial charge in [0.05, 0.1) is 11.5 Å². The van der Waals surface area contributed by atoms with Crippen molar-refractivity contribution in [1.82, 2.24) is 0 Å². The Morgan fingerprint density at radius 1 is 1.00 bits per heavy atom. The summed E-state index contributed by atoms with van der Waals surface area (Å²) >= 11 is 0. The summed E-state index contributed by atoms with van der Waals surface area (Å²) < 4.78 is 35.9. The molecular weight excluding hydrogens is 324 g/mol. The van der Waals surface area contributed by atoms with E-state index >= 15 is 0 Å². The van der Waals surface area contributed by atoms with Gasteiger partial charge >= 0.3 is 0 Å². The summed E-state index contributed by atoms with van der Waals surface area (Å²) in [5.74, 6) is 0. The van der Waals surface area contributed by atoms with Crippen LogP contribution in [0.25, 0.3) is 0 Å². The molecule has 0 N–H and O–H groups in total. The Hall–Kier alpha value is -1.69.